The first-order chi connectivity index (χ1) is 8.65. The molecule has 0 spiro atoms. The Hall–Kier alpha value is -1.94. The molecular weight excluding hydrogens is 246 g/mol. The summed E-state index contributed by atoms with van der Waals surface area (Å²) in [5, 5.41) is 8.79. The Kier molecular flexibility index (Phi) is 3.89. The monoisotopic (exact) mass is 259 g/mol. The Balaban J connectivity index is 1.97. The third-order valence-electron chi connectivity index (χ3n) is 2.49. The maximum Gasteiger partial charge on any atom is 0.335 e. The van der Waals surface area contributed by atoms with Crippen LogP contribution in [-0.2, 0) is 5.75 Å². The number of benzene rings is 2. The van der Waals surface area contributed by atoms with Crippen molar-refractivity contribution < 1.29 is 9.90 Å². The standard InChI is InChI=1S/C14H13NO2S/c15-12-5-7-13(8-6-12)18-9-10-1-3-11(4-2-10)14(16)17/h1-8H,9,15H2,(H,16,17). The molecule has 0 aliphatic heterocycles. The quantitative estimate of drug-likeness (QED) is 0.653. The van der Waals surface area contributed by atoms with Gasteiger partial charge in [0, 0.05) is 16.3 Å². The smallest absolute Gasteiger partial charge is 0.335 e. The van der Waals surface area contributed by atoms with E-state index in [0.29, 0.717) is 5.56 Å². The summed E-state index contributed by atoms with van der Waals surface area (Å²) in [6.07, 6.45) is 0. The molecule has 0 fully saturated rings. The van der Waals surface area contributed by atoms with Gasteiger partial charge in [-0.1, -0.05) is 12.1 Å². The molecule has 0 radical (unpaired) electrons. The van der Waals surface area contributed by atoms with Crippen LogP contribution in [0.2, 0.25) is 0 Å². The maximum atomic E-state index is 10.7. The van der Waals surface area contributed by atoms with Crippen molar-refractivity contribution in [1.82, 2.24) is 0 Å². The lowest BCUT2D eigenvalue weighted by Crippen LogP contribution is -1.95. The van der Waals surface area contributed by atoms with Crippen LogP contribution in [0.25, 0.3) is 0 Å². The number of carboxylic acids is 1. The Morgan fingerprint density at radius 2 is 1.67 bits per heavy atom. The summed E-state index contributed by atoms with van der Waals surface area (Å²) in [6, 6.07) is 14.6. The second-order valence-electron chi connectivity index (χ2n) is 3.86. The lowest BCUT2D eigenvalue weighted by Gasteiger charge is -2.03. The van der Waals surface area contributed by atoms with Crippen LogP contribution in [0.15, 0.2) is 53.4 Å². The van der Waals surface area contributed by atoms with Crippen molar-refractivity contribution in [2.24, 2.45) is 0 Å². The second kappa shape index (κ2) is 5.60. The zero-order valence-electron chi connectivity index (χ0n) is 9.67. The molecule has 18 heavy (non-hydrogen) atoms. The first-order valence-electron chi connectivity index (χ1n) is 5.46. The highest BCUT2D eigenvalue weighted by atomic mass is 32.2. The van der Waals surface area contributed by atoms with E-state index in [1.54, 1.807) is 23.9 Å². The van der Waals surface area contributed by atoms with Gasteiger partial charge in [-0.15, -0.1) is 11.8 Å². The molecule has 0 bridgehead atoms. The molecule has 3 nitrogen and oxygen atoms in total. The molecule has 0 saturated heterocycles. The Morgan fingerprint density at radius 3 is 2.22 bits per heavy atom. The zero-order chi connectivity index (χ0) is 13.0. The molecule has 0 heterocycles. The van der Waals surface area contributed by atoms with E-state index < -0.39 is 5.97 Å². The Bertz CT molecular complexity index is 535. The lowest BCUT2D eigenvalue weighted by molar-refractivity contribution is 0.0697. The van der Waals surface area contributed by atoms with Crippen LogP contribution in [0.4, 0.5) is 5.69 Å². The van der Waals surface area contributed by atoms with E-state index in [1.807, 2.05) is 36.4 Å². The number of hydrogen-bond donors (Lipinski definition) is 2. The van der Waals surface area contributed by atoms with Crippen LogP contribution < -0.4 is 5.73 Å². The summed E-state index contributed by atoms with van der Waals surface area (Å²) < 4.78 is 0. The van der Waals surface area contributed by atoms with Crippen LogP contribution >= 0.6 is 11.8 Å². The van der Waals surface area contributed by atoms with Gasteiger partial charge in [0.25, 0.3) is 0 Å². The number of carbonyl (C=O) groups is 1. The Labute approximate surface area is 110 Å². The predicted molar refractivity (Wildman–Crippen MR) is 73.8 cm³/mol. The summed E-state index contributed by atoms with van der Waals surface area (Å²) >= 11 is 1.69. The average molecular weight is 259 g/mol. The fourth-order valence-corrected chi connectivity index (χ4v) is 2.33. The molecule has 2 aromatic rings. The summed E-state index contributed by atoms with van der Waals surface area (Å²) in [5.74, 6) is -0.0863. The highest BCUT2D eigenvalue weighted by molar-refractivity contribution is 7.98. The summed E-state index contributed by atoms with van der Waals surface area (Å²) in [5.41, 5.74) is 7.78. The fourth-order valence-electron chi connectivity index (χ4n) is 1.47. The molecule has 0 atom stereocenters. The maximum absolute atomic E-state index is 10.7. The number of carboxylic acid groups (broad SMARTS) is 1. The first-order valence-corrected chi connectivity index (χ1v) is 6.44. The molecule has 3 N–H and O–H groups in total. The normalized spacial score (nSPS) is 10.2. The second-order valence-corrected chi connectivity index (χ2v) is 4.91. The van der Waals surface area contributed by atoms with Gasteiger partial charge >= 0.3 is 5.97 Å². The Morgan fingerprint density at radius 1 is 1.06 bits per heavy atom. The molecular formula is C14H13NO2S. The van der Waals surface area contributed by atoms with Crippen molar-refractivity contribution in [2.75, 3.05) is 5.73 Å². The van der Waals surface area contributed by atoms with Crippen LogP contribution in [0.5, 0.6) is 0 Å². The molecule has 2 aromatic carbocycles. The number of thioether (sulfide) groups is 1. The van der Waals surface area contributed by atoms with Crippen LogP contribution in [0.3, 0.4) is 0 Å². The number of nitrogens with two attached hydrogens (primary N) is 1. The van der Waals surface area contributed by atoms with Gasteiger partial charge < -0.3 is 10.8 Å². The van der Waals surface area contributed by atoms with Gasteiger partial charge in [-0.2, -0.15) is 0 Å². The van der Waals surface area contributed by atoms with E-state index >= 15 is 0 Å². The van der Waals surface area contributed by atoms with Crippen LogP contribution in [0.1, 0.15) is 15.9 Å². The molecule has 92 valence electrons. The molecule has 4 heteroatoms. The van der Waals surface area contributed by atoms with Crippen molar-refractivity contribution in [1.29, 1.82) is 0 Å². The SMILES string of the molecule is Nc1ccc(SCc2ccc(C(=O)O)cc2)cc1. The summed E-state index contributed by atoms with van der Waals surface area (Å²) in [7, 11) is 0. The zero-order valence-corrected chi connectivity index (χ0v) is 10.5. The topological polar surface area (TPSA) is 63.3 Å². The molecule has 0 saturated carbocycles. The van der Waals surface area contributed by atoms with E-state index in [0.717, 1.165) is 21.9 Å². The lowest BCUT2D eigenvalue weighted by atomic mass is 10.1. The van der Waals surface area contributed by atoms with Crippen molar-refractivity contribution in [2.45, 2.75) is 10.6 Å². The number of hydrogen-bond acceptors (Lipinski definition) is 3. The van der Waals surface area contributed by atoms with E-state index in [1.165, 1.54) is 0 Å². The first kappa shape index (κ1) is 12.5. The predicted octanol–water partition coefficient (Wildman–Crippen LogP) is 3.26. The minimum absolute atomic E-state index is 0.316. The largest absolute Gasteiger partial charge is 0.478 e. The van der Waals surface area contributed by atoms with Gasteiger partial charge in [0.15, 0.2) is 0 Å². The third kappa shape index (κ3) is 3.28. The minimum Gasteiger partial charge on any atom is -0.478 e. The summed E-state index contributed by atoms with van der Waals surface area (Å²) in [4.78, 5) is 11.9. The highest BCUT2D eigenvalue weighted by Crippen LogP contribution is 2.23. The van der Waals surface area contributed by atoms with Crippen molar-refractivity contribution in [3.05, 3.63) is 59.7 Å². The minimum atomic E-state index is -0.896. The van der Waals surface area contributed by atoms with Gasteiger partial charge in [0.05, 0.1) is 5.56 Å². The molecule has 2 rings (SSSR count). The van der Waals surface area contributed by atoms with E-state index in [4.69, 9.17) is 10.8 Å². The van der Waals surface area contributed by atoms with Crippen molar-refractivity contribution >= 4 is 23.4 Å². The van der Waals surface area contributed by atoms with Gasteiger partial charge in [-0.3, -0.25) is 0 Å². The number of nitrogen functional groups attached to an aromatic ring is 1. The molecule has 0 amide bonds. The molecule has 0 unspecified atom stereocenters. The average Bonchev–Trinajstić information content (AvgIpc) is 2.38. The molecule has 0 aromatic heterocycles. The third-order valence-corrected chi connectivity index (χ3v) is 3.57. The van der Waals surface area contributed by atoms with Gasteiger partial charge in [0.1, 0.15) is 0 Å². The van der Waals surface area contributed by atoms with Gasteiger partial charge in [-0.25, -0.2) is 4.79 Å². The summed E-state index contributed by atoms with van der Waals surface area (Å²) in [6.45, 7) is 0. The van der Waals surface area contributed by atoms with Crippen LogP contribution in [-0.4, -0.2) is 11.1 Å². The van der Waals surface area contributed by atoms with E-state index in [9.17, 15) is 4.79 Å². The van der Waals surface area contributed by atoms with Gasteiger partial charge in [-0.05, 0) is 42.0 Å². The highest BCUT2D eigenvalue weighted by Gasteiger charge is 2.02. The molecule has 0 aliphatic carbocycles. The number of aromatic carboxylic acids is 1. The number of anilines is 1. The fraction of sp³-hybridized carbons (Fsp3) is 0.0714. The van der Waals surface area contributed by atoms with Gasteiger partial charge in [0.2, 0.25) is 0 Å². The molecule has 0 aliphatic rings. The van der Waals surface area contributed by atoms with Crippen molar-refractivity contribution in [3.63, 3.8) is 0 Å². The van der Waals surface area contributed by atoms with Crippen molar-refractivity contribution in [3.8, 4) is 0 Å². The van der Waals surface area contributed by atoms with E-state index in [2.05, 4.69) is 0 Å². The van der Waals surface area contributed by atoms with Crippen LogP contribution in [0, 0.1) is 0 Å². The van der Waals surface area contributed by atoms with E-state index in [-0.39, 0.29) is 0 Å². The number of rotatable bonds is 4.